The molecule has 0 radical (unpaired) electrons. The standard InChI is InChI=1S/C24H30N4O4/c25-9-4-10-32-16-6-3-5-15(11-16)13-26-23-27-18-7-1-2-8-19(18)28(23)20-17-12-24(17,14-29)22(31)21(20)30/h1-3,5-8,11,17,20-22,29-31H,4,9-10,12-14,25H2,(H,26,27)/t17-,20-,21+,22+,24+/m1/s1. The summed E-state index contributed by atoms with van der Waals surface area (Å²) in [4.78, 5) is 4.77. The number of imidazole rings is 1. The van der Waals surface area contributed by atoms with Crippen LogP contribution in [0.2, 0.25) is 0 Å². The first-order chi connectivity index (χ1) is 15.6. The third kappa shape index (κ3) is 3.44. The Balaban J connectivity index is 1.42. The molecule has 0 bridgehead atoms. The van der Waals surface area contributed by atoms with E-state index in [9.17, 15) is 15.3 Å². The van der Waals surface area contributed by atoms with Gasteiger partial charge in [-0.2, -0.15) is 0 Å². The molecule has 2 saturated carbocycles. The summed E-state index contributed by atoms with van der Waals surface area (Å²) in [7, 11) is 0. The molecule has 1 aromatic heterocycles. The first-order valence-electron chi connectivity index (χ1n) is 11.2. The highest BCUT2D eigenvalue weighted by molar-refractivity contribution is 5.79. The predicted molar refractivity (Wildman–Crippen MR) is 121 cm³/mol. The van der Waals surface area contributed by atoms with Gasteiger partial charge in [-0.25, -0.2) is 4.98 Å². The van der Waals surface area contributed by atoms with E-state index in [1.807, 2.05) is 53.1 Å². The minimum absolute atomic E-state index is 0.00919. The topological polar surface area (TPSA) is 126 Å². The average molecular weight is 439 g/mol. The van der Waals surface area contributed by atoms with Crippen molar-refractivity contribution in [2.75, 3.05) is 25.1 Å². The molecule has 8 heteroatoms. The van der Waals surface area contributed by atoms with Gasteiger partial charge in [0.25, 0.3) is 0 Å². The molecule has 2 fully saturated rings. The van der Waals surface area contributed by atoms with Crippen LogP contribution >= 0.6 is 0 Å². The van der Waals surface area contributed by atoms with Gasteiger partial charge in [-0.1, -0.05) is 24.3 Å². The Morgan fingerprint density at radius 3 is 2.81 bits per heavy atom. The summed E-state index contributed by atoms with van der Waals surface area (Å²) in [5, 5.41) is 34.8. The summed E-state index contributed by atoms with van der Waals surface area (Å²) in [5.74, 6) is 1.44. The minimum atomic E-state index is -0.960. The molecule has 0 unspecified atom stereocenters. The molecule has 0 saturated heterocycles. The Bertz CT molecular complexity index is 1100. The fourth-order valence-corrected chi connectivity index (χ4v) is 5.19. The summed E-state index contributed by atoms with van der Waals surface area (Å²) >= 11 is 0. The number of nitrogens with one attached hydrogen (secondary N) is 1. The van der Waals surface area contributed by atoms with Crippen LogP contribution < -0.4 is 15.8 Å². The van der Waals surface area contributed by atoms with Gasteiger partial charge >= 0.3 is 0 Å². The van der Waals surface area contributed by atoms with Crippen molar-refractivity contribution in [3.05, 3.63) is 54.1 Å². The molecule has 8 nitrogen and oxygen atoms in total. The monoisotopic (exact) mass is 438 g/mol. The van der Waals surface area contributed by atoms with Gasteiger partial charge in [-0.3, -0.25) is 0 Å². The number of ether oxygens (including phenoxy) is 1. The SMILES string of the molecule is NCCCOc1cccc(CNc2nc3ccccc3n2[C@H]2[C@H](O)[C@H](O)[C@]3(CO)C[C@H]23)c1. The van der Waals surface area contributed by atoms with Gasteiger partial charge in [0.2, 0.25) is 5.95 Å². The molecule has 32 heavy (non-hydrogen) atoms. The summed E-state index contributed by atoms with van der Waals surface area (Å²) < 4.78 is 7.75. The Morgan fingerprint density at radius 2 is 2.03 bits per heavy atom. The third-order valence-electron chi connectivity index (χ3n) is 7.01. The van der Waals surface area contributed by atoms with Gasteiger partial charge in [-0.15, -0.1) is 0 Å². The van der Waals surface area contributed by atoms with Crippen LogP contribution in [0.5, 0.6) is 5.75 Å². The van der Waals surface area contributed by atoms with Crippen LogP contribution in [-0.4, -0.2) is 56.8 Å². The molecule has 2 aliphatic carbocycles. The number of anilines is 1. The number of aromatic nitrogens is 2. The van der Waals surface area contributed by atoms with Crippen LogP contribution in [0.4, 0.5) is 5.95 Å². The molecule has 1 heterocycles. The quantitative estimate of drug-likeness (QED) is 0.322. The van der Waals surface area contributed by atoms with Crippen LogP contribution in [0.1, 0.15) is 24.4 Å². The van der Waals surface area contributed by atoms with Gasteiger partial charge in [0.15, 0.2) is 0 Å². The molecule has 6 N–H and O–H groups in total. The first kappa shape index (κ1) is 21.2. The molecule has 0 aliphatic heterocycles. The van der Waals surface area contributed by atoms with Crippen molar-refractivity contribution in [2.45, 2.75) is 37.6 Å². The first-order valence-corrected chi connectivity index (χ1v) is 11.2. The number of hydrogen-bond acceptors (Lipinski definition) is 7. The second-order valence-electron chi connectivity index (χ2n) is 8.91. The second kappa shape index (κ2) is 8.37. The number of hydrogen-bond donors (Lipinski definition) is 5. The summed E-state index contributed by atoms with van der Waals surface area (Å²) in [5.41, 5.74) is 7.68. The maximum absolute atomic E-state index is 10.9. The molecule has 3 aromatic rings. The van der Waals surface area contributed by atoms with Crippen LogP contribution in [0.3, 0.4) is 0 Å². The Labute approximate surface area is 186 Å². The van der Waals surface area contributed by atoms with Gasteiger partial charge < -0.3 is 35.7 Å². The molecular weight excluding hydrogens is 408 g/mol. The number of rotatable bonds is 9. The molecule has 0 amide bonds. The fraction of sp³-hybridized carbons (Fsp3) is 0.458. The van der Waals surface area contributed by atoms with Crippen molar-refractivity contribution >= 4 is 17.0 Å². The highest BCUT2D eigenvalue weighted by Crippen LogP contribution is 2.67. The lowest BCUT2D eigenvalue weighted by Gasteiger charge is -2.25. The van der Waals surface area contributed by atoms with E-state index in [1.165, 1.54) is 0 Å². The molecule has 5 atom stereocenters. The normalized spacial score (nSPS) is 28.6. The van der Waals surface area contributed by atoms with Crippen molar-refractivity contribution in [2.24, 2.45) is 17.1 Å². The van der Waals surface area contributed by atoms with E-state index in [1.54, 1.807) is 0 Å². The number of nitrogens with two attached hydrogens (primary N) is 1. The van der Waals surface area contributed by atoms with E-state index in [-0.39, 0.29) is 18.6 Å². The number of benzene rings is 2. The number of para-hydroxylation sites is 2. The van der Waals surface area contributed by atoms with Gasteiger partial charge in [0, 0.05) is 12.0 Å². The lowest BCUT2D eigenvalue weighted by Crippen LogP contribution is -2.35. The molecule has 170 valence electrons. The average Bonchev–Trinajstić information content (AvgIpc) is 3.38. The minimum Gasteiger partial charge on any atom is -0.494 e. The number of aliphatic hydroxyl groups is 3. The Morgan fingerprint density at radius 1 is 1.19 bits per heavy atom. The van der Waals surface area contributed by atoms with E-state index in [2.05, 4.69) is 5.32 Å². The highest BCUT2D eigenvalue weighted by Gasteiger charge is 2.71. The summed E-state index contributed by atoms with van der Waals surface area (Å²) in [6.45, 7) is 1.58. The van der Waals surface area contributed by atoms with Gasteiger partial charge in [-0.05, 0) is 55.1 Å². The van der Waals surface area contributed by atoms with E-state index in [4.69, 9.17) is 15.5 Å². The molecule has 2 aromatic carbocycles. The van der Waals surface area contributed by atoms with Gasteiger partial charge in [0.1, 0.15) is 11.9 Å². The van der Waals surface area contributed by atoms with Crippen molar-refractivity contribution in [3.8, 4) is 5.75 Å². The lowest BCUT2D eigenvalue weighted by molar-refractivity contribution is -0.0298. The highest BCUT2D eigenvalue weighted by atomic mass is 16.5. The van der Waals surface area contributed by atoms with Crippen LogP contribution in [0, 0.1) is 11.3 Å². The van der Waals surface area contributed by atoms with Crippen LogP contribution in [0.15, 0.2) is 48.5 Å². The maximum atomic E-state index is 10.9. The van der Waals surface area contributed by atoms with Gasteiger partial charge in [0.05, 0.1) is 36.4 Å². The van der Waals surface area contributed by atoms with Crippen molar-refractivity contribution in [1.82, 2.24) is 9.55 Å². The van der Waals surface area contributed by atoms with Crippen LogP contribution in [-0.2, 0) is 6.54 Å². The van der Waals surface area contributed by atoms with E-state index in [0.29, 0.717) is 32.1 Å². The van der Waals surface area contributed by atoms with Crippen molar-refractivity contribution < 1.29 is 20.1 Å². The van der Waals surface area contributed by atoms with E-state index in [0.717, 1.165) is 28.8 Å². The number of nitrogens with zero attached hydrogens (tertiary/aromatic N) is 2. The zero-order valence-electron chi connectivity index (χ0n) is 17.9. The second-order valence-corrected chi connectivity index (χ2v) is 8.91. The number of fused-ring (bicyclic) bond motifs is 2. The zero-order valence-corrected chi connectivity index (χ0v) is 17.9. The smallest absolute Gasteiger partial charge is 0.204 e. The summed E-state index contributed by atoms with van der Waals surface area (Å²) in [6, 6.07) is 15.3. The Hall–Kier alpha value is -2.65. The maximum Gasteiger partial charge on any atom is 0.204 e. The summed E-state index contributed by atoms with van der Waals surface area (Å²) in [6.07, 6.45) is -0.406. The lowest BCUT2D eigenvalue weighted by atomic mass is 10.0. The fourth-order valence-electron chi connectivity index (χ4n) is 5.19. The van der Waals surface area contributed by atoms with E-state index >= 15 is 0 Å². The van der Waals surface area contributed by atoms with Crippen molar-refractivity contribution in [3.63, 3.8) is 0 Å². The van der Waals surface area contributed by atoms with E-state index < -0.39 is 17.6 Å². The molecule has 0 spiro atoms. The predicted octanol–water partition coefficient (Wildman–Crippen LogP) is 1.65. The Kier molecular flexibility index (Phi) is 5.54. The number of aliphatic hydroxyl groups excluding tert-OH is 3. The largest absolute Gasteiger partial charge is 0.494 e. The molecule has 2 aliphatic rings. The molecule has 5 rings (SSSR count). The zero-order chi connectivity index (χ0) is 22.3. The third-order valence-corrected chi connectivity index (χ3v) is 7.01. The van der Waals surface area contributed by atoms with Crippen LogP contribution in [0.25, 0.3) is 11.0 Å². The molecular formula is C24H30N4O4. The van der Waals surface area contributed by atoms with Crippen molar-refractivity contribution in [1.29, 1.82) is 0 Å².